The van der Waals surface area contributed by atoms with E-state index >= 15 is 0 Å². The van der Waals surface area contributed by atoms with Crippen LogP contribution in [0.5, 0.6) is 0 Å². The van der Waals surface area contributed by atoms with Gasteiger partial charge in [0.25, 0.3) is 0 Å². The van der Waals surface area contributed by atoms with Gasteiger partial charge < -0.3 is 9.52 Å². The largest absolute Gasteiger partial charge is 0.458 e. The highest BCUT2D eigenvalue weighted by Gasteiger charge is 2.21. The Balaban J connectivity index is 2.04. The standard InChI is InChI=1S/C13H11ClN2O2S/c1-2-9-13(19-16-15-9)12(17)11-6-7-5-8(14)3-4-10(7)18-11/h3-6,12,17H,2H2,1H3. The molecule has 1 aromatic carbocycles. The maximum Gasteiger partial charge on any atom is 0.149 e. The maximum absolute atomic E-state index is 10.4. The lowest BCUT2D eigenvalue weighted by Crippen LogP contribution is -1.99. The number of nitrogens with zero attached hydrogens (tertiary/aromatic N) is 2. The lowest BCUT2D eigenvalue weighted by Gasteiger charge is -2.05. The van der Waals surface area contributed by atoms with Crippen molar-refractivity contribution in [2.45, 2.75) is 19.4 Å². The van der Waals surface area contributed by atoms with E-state index in [0.717, 1.165) is 22.4 Å². The highest BCUT2D eigenvalue weighted by molar-refractivity contribution is 7.05. The molecule has 0 fully saturated rings. The van der Waals surface area contributed by atoms with Gasteiger partial charge in [0, 0.05) is 10.4 Å². The van der Waals surface area contributed by atoms with Crippen LogP contribution in [0.2, 0.25) is 5.02 Å². The zero-order chi connectivity index (χ0) is 13.4. The number of hydrogen-bond acceptors (Lipinski definition) is 5. The van der Waals surface area contributed by atoms with Crippen LogP contribution in [0, 0.1) is 0 Å². The average Bonchev–Trinajstić information content (AvgIpc) is 3.03. The molecule has 6 heteroatoms. The van der Waals surface area contributed by atoms with Crippen LogP contribution in [0.4, 0.5) is 0 Å². The summed E-state index contributed by atoms with van der Waals surface area (Å²) >= 11 is 7.13. The molecule has 1 N–H and O–H groups in total. The van der Waals surface area contributed by atoms with Crippen LogP contribution >= 0.6 is 23.1 Å². The number of fused-ring (bicyclic) bond motifs is 1. The van der Waals surface area contributed by atoms with Gasteiger partial charge in [-0.2, -0.15) is 0 Å². The molecule has 19 heavy (non-hydrogen) atoms. The molecule has 0 aliphatic rings. The van der Waals surface area contributed by atoms with Crippen molar-refractivity contribution >= 4 is 34.1 Å². The summed E-state index contributed by atoms with van der Waals surface area (Å²) in [5, 5.41) is 15.9. The van der Waals surface area contributed by atoms with Gasteiger partial charge in [-0.15, -0.1) is 5.10 Å². The molecule has 0 spiro atoms. The van der Waals surface area contributed by atoms with E-state index in [-0.39, 0.29) is 0 Å². The Morgan fingerprint density at radius 2 is 2.26 bits per heavy atom. The number of aromatic nitrogens is 2. The van der Waals surface area contributed by atoms with Crippen LogP contribution in [0.1, 0.15) is 29.4 Å². The minimum atomic E-state index is -0.832. The topological polar surface area (TPSA) is 59.2 Å². The number of halogens is 1. The molecule has 2 heterocycles. The fraction of sp³-hybridized carbons (Fsp3) is 0.231. The molecule has 2 aromatic heterocycles. The van der Waals surface area contributed by atoms with Crippen molar-refractivity contribution in [3.63, 3.8) is 0 Å². The van der Waals surface area contributed by atoms with Crippen molar-refractivity contribution in [3.8, 4) is 0 Å². The second-order valence-corrected chi connectivity index (χ2v) is 5.39. The van der Waals surface area contributed by atoms with Gasteiger partial charge in [0.1, 0.15) is 17.4 Å². The highest BCUT2D eigenvalue weighted by Crippen LogP contribution is 2.32. The first kappa shape index (κ1) is 12.6. The number of rotatable bonds is 3. The average molecular weight is 295 g/mol. The van der Waals surface area contributed by atoms with E-state index in [0.29, 0.717) is 16.4 Å². The summed E-state index contributed by atoms with van der Waals surface area (Å²) in [5.41, 5.74) is 1.50. The van der Waals surface area contributed by atoms with Crippen LogP contribution in [0.15, 0.2) is 28.7 Å². The van der Waals surface area contributed by atoms with Gasteiger partial charge in [0.05, 0.1) is 10.6 Å². The predicted molar refractivity (Wildman–Crippen MR) is 74.6 cm³/mol. The first-order valence-electron chi connectivity index (χ1n) is 5.87. The van der Waals surface area contributed by atoms with E-state index in [4.69, 9.17) is 16.0 Å². The van der Waals surface area contributed by atoms with Gasteiger partial charge >= 0.3 is 0 Å². The number of benzene rings is 1. The molecular formula is C13H11ClN2O2S. The van der Waals surface area contributed by atoms with E-state index in [2.05, 4.69) is 9.59 Å². The minimum Gasteiger partial charge on any atom is -0.458 e. The van der Waals surface area contributed by atoms with Gasteiger partial charge in [-0.1, -0.05) is 23.0 Å². The number of aliphatic hydroxyl groups excluding tert-OH is 1. The van der Waals surface area contributed by atoms with E-state index < -0.39 is 6.10 Å². The van der Waals surface area contributed by atoms with Crippen LogP contribution in [0.3, 0.4) is 0 Å². The fourth-order valence-electron chi connectivity index (χ4n) is 1.97. The molecule has 0 aliphatic heterocycles. The smallest absolute Gasteiger partial charge is 0.149 e. The third-order valence-electron chi connectivity index (χ3n) is 2.94. The van der Waals surface area contributed by atoms with Crippen molar-refractivity contribution in [3.05, 3.63) is 45.6 Å². The molecule has 1 unspecified atom stereocenters. The second-order valence-electron chi connectivity index (χ2n) is 4.17. The first-order valence-corrected chi connectivity index (χ1v) is 7.02. The number of hydrogen-bond donors (Lipinski definition) is 1. The SMILES string of the molecule is CCc1nnsc1C(O)c1cc2cc(Cl)ccc2o1. The summed E-state index contributed by atoms with van der Waals surface area (Å²) in [6.45, 7) is 1.98. The summed E-state index contributed by atoms with van der Waals surface area (Å²) in [5.74, 6) is 0.484. The molecule has 3 aromatic rings. The summed E-state index contributed by atoms with van der Waals surface area (Å²) < 4.78 is 9.53. The second kappa shape index (κ2) is 4.92. The molecule has 0 aliphatic carbocycles. The molecule has 0 saturated carbocycles. The zero-order valence-corrected chi connectivity index (χ0v) is 11.7. The Morgan fingerprint density at radius 3 is 3.05 bits per heavy atom. The molecule has 3 rings (SSSR count). The van der Waals surface area contributed by atoms with Crippen LogP contribution < -0.4 is 0 Å². The molecule has 0 saturated heterocycles. The van der Waals surface area contributed by atoms with E-state index in [9.17, 15) is 5.11 Å². The highest BCUT2D eigenvalue weighted by atomic mass is 35.5. The van der Waals surface area contributed by atoms with Crippen molar-refractivity contribution in [1.29, 1.82) is 0 Å². The number of aliphatic hydroxyl groups is 1. The molecule has 4 nitrogen and oxygen atoms in total. The van der Waals surface area contributed by atoms with E-state index in [1.54, 1.807) is 18.2 Å². The van der Waals surface area contributed by atoms with Crippen molar-refractivity contribution < 1.29 is 9.52 Å². The van der Waals surface area contributed by atoms with E-state index in [1.165, 1.54) is 11.5 Å². The van der Waals surface area contributed by atoms with Crippen LogP contribution in [-0.2, 0) is 6.42 Å². The van der Waals surface area contributed by atoms with Crippen molar-refractivity contribution in [2.75, 3.05) is 0 Å². The molecule has 0 bridgehead atoms. The number of aryl methyl sites for hydroxylation is 1. The fourth-order valence-corrected chi connectivity index (χ4v) is 2.88. The normalized spacial score (nSPS) is 13.0. The summed E-state index contributed by atoms with van der Waals surface area (Å²) in [4.78, 5) is 0.729. The molecule has 0 radical (unpaired) electrons. The van der Waals surface area contributed by atoms with Crippen LogP contribution in [-0.4, -0.2) is 14.7 Å². The molecule has 1 atom stereocenters. The summed E-state index contributed by atoms with van der Waals surface area (Å²) in [7, 11) is 0. The van der Waals surface area contributed by atoms with Gasteiger partial charge in [0.15, 0.2) is 0 Å². The minimum absolute atomic E-state index is 0.484. The zero-order valence-electron chi connectivity index (χ0n) is 10.1. The monoisotopic (exact) mass is 294 g/mol. The van der Waals surface area contributed by atoms with Crippen LogP contribution in [0.25, 0.3) is 11.0 Å². The Bertz CT molecular complexity index is 722. The molecule has 98 valence electrons. The van der Waals surface area contributed by atoms with Gasteiger partial charge in [-0.05, 0) is 42.2 Å². The quantitative estimate of drug-likeness (QED) is 0.802. The third-order valence-corrected chi connectivity index (χ3v) is 3.99. The Morgan fingerprint density at radius 1 is 1.42 bits per heavy atom. The Kier molecular flexibility index (Phi) is 3.26. The van der Waals surface area contributed by atoms with Crippen molar-refractivity contribution in [2.24, 2.45) is 0 Å². The lowest BCUT2D eigenvalue weighted by atomic mass is 10.1. The predicted octanol–water partition coefficient (Wildman–Crippen LogP) is 3.58. The van der Waals surface area contributed by atoms with Crippen molar-refractivity contribution in [1.82, 2.24) is 9.59 Å². The summed E-state index contributed by atoms with van der Waals surface area (Å²) in [6, 6.07) is 7.15. The van der Waals surface area contributed by atoms with Gasteiger partial charge in [-0.25, -0.2) is 0 Å². The molecule has 0 amide bonds. The Hall–Kier alpha value is -1.43. The Labute approximate surface area is 118 Å². The third kappa shape index (κ3) is 2.25. The van der Waals surface area contributed by atoms with Gasteiger partial charge in [0.2, 0.25) is 0 Å². The maximum atomic E-state index is 10.4. The first-order chi connectivity index (χ1) is 9.19. The lowest BCUT2D eigenvalue weighted by molar-refractivity contribution is 0.194. The van der Waals surface area contributed by atoms with Gasteiger partial charge in [-0.3, -0.25) is 0 Å². The van der Waals surface area contributed by atoms with E-state index in [1.807, 2.05) is 13.0 Å². The molecular weight excluding hydrogens is 284 g/mol. The summed E-state index contributed by atoms with van der Waals surface area (Å²) in [6.07, 6.45) is -0.101. The number of furan rings is 1.